The SMILES string of the molecule is O=C(NC1CC1)C(NC1CCc2ncnn2C1)c1ccc(F)cc1. The zero-order chi connectivity index (χ0) is 16.5. The van der Waals surface area contributed by atoms with Crippen LogP contribution in [-0.2, 0) is 17.8 Å². The summed E-state index contributed by atoms with van der Waals surface area (Å²) >= 11 is 0. The van der Waals surface area contributed by atoms with Crippen molar-refractivity contribution in [1.82, 2.24) is 25.4 Å². The molecule has 1 fully saturated rings. The second-order valence-electron chi connectivity index (χ2n) is 6.53. The van der Waals surface area contributed by atoms with Crippen LogP contribution in [0, 0.1) is 5.82 Å². The maximum absolute atomic E-state index is 13.2. The van der Waals surface area contributed by atoms with Crippen molar-refractivity contribution >= 4 is 5.91 Å². The average molecular weight is 329 g/mol. The molecule has 2 aliphatic rings. The van der Waals surface area contributed by atoms with E-state index in [1.807, 2.05) is 4.68 Å². The van der Waals surface area contributed by atoms with Gasteiger partial charge in [0.2, 0.25) is 5.91 Å². The van der Waals surface area contributed by atoms with Gasteiger partial charge in [-0.3, -0.25) is 10.1 Å². The molecule has 2 N–H and O–H groups in total. The third kappa shape index (κ3) is 3.31. The van der Waals surface area contributed by atoms with Gasteiger partial charge in [0.15, 0.2) is 0 Å². The zero-order valence-corrected chi connectivity index (χ0v) is 13.3. The summed E-state index contributed by atoms with van der Waals surface area (Å²) in [6, 6.07) is 6.05. The molecular weight excluding hydrogens is 309 g/mol. The Balaban J connectivity index is 1.51. The number of hydrogen-bond acceptors (Lipinski definition) is 4. The van der Waals surface area contributed by atoms with Gasteiger partial charge in [-0.2, -0.15) is 5.10 Å². The first kappa shape index (κ1) is 15.3. The molecule has 0 saturated heterocycles. The van der Waals surface area contributed by atoms with Crippen LogP contribution in [-0.4, -0.2) is 32.8 Å². The van der Waals surface area contributed by atoms with Gasteiger partial charge in [-0.15, -0.1) is 0 Å². The third-order valence-corrected chi connectivity index (χ3v) is 4.60. The Morgan fingerprint density at radius 3 is 2.75 bits per heavy atom. The van der Waals surface area contributed by atoms with Crippen molar-refractivity contribution in [3.63, 3.8) is 0 Å². The van der Waals surface area contributed by atoms with E-state index in [2.05, 4.69) is 20.7 Å². The maximum atomic E-state index is 13.2. The van der Waals surface area contributed by atoms with E-state index in [4.69, 9.17) is 0 Å². The van der Waals surface area contributed by atoms with Crippen LogP contribution in [0.15, 0.2) is 30.6 Å². The van der Waals surface area contributed by atoms with E-state index in [1.54, 1.807) is 18.5 Å². The molecule has 1 amide bonds. The monoisotopic (exact) mass is 329 g/mol. The van der Waals surface area contributed by atoms with E-state index in [9.17, 15) is 9.18 Å². The highest BCUT2D eigenvalue weighted by Gasteiger charge is 2.31. The number of aromatic nitrogens is 3. The van der Waals surface area contributed by atoms with Gasteiger partial charge in [-0.25, -0.2) is 14.1 Å². The highest BCUT2D eigenvalue weighted by Crippen LogP contribution is 2.23. The molecule has 126 valence electrons. The lowest BCUT2D eigenvalue weighted by Crippen LogP contribution is -2.46. The number of nitrogens with one attached hydrogen (secondary N) is 2. The second kappa shape index (κ2) is 6.32. The van der Waals surface area contributed by atoms with Gasteiger partial charge in [0.25, 0.3) is 0 Å². The summed E-state index contributed by atoms with van der Waals surface area (Å²) < 4.78 is 15.1. The van der Waals surface area contributed by atoms with Crippen LogP contribution in [0.1, 0.15) is 36.7 Å². The van der Waals surface area contributed by atoms with Crippen molar-refractivity contribution in [1.29, 1.82) is 0 Å². The van der Waals surface area contributed by atoms with Crippen LogP contribution in [0.25, 0.3) is 0 Å². The number of aryl methyl sites for hydroxylation is 1. The Morgan fingerprint density at radius 2 is 2.00 bits per heavy atom. The number of nitrogens with zero attached hydrogens (tertiary/aromatic N) is 3. The molecule has 0 bridgehead atoms. The quantitative estimate of drug-likeness (QED) is 0.868. The summed E-state index contributed by atoms with van der Waals surface area (Å²) in [5, 5.41) is 10.7. The number of carbonyl (C=O) groups is 1. The standard InChI is InChI=1S/C17H20FN5O/c18-12-3-1-11(2-4-12)16(17(24)22-13-5-6-13)21-14-7-8-15-19-10-20-23(15)9-14/h1-4,10,13-14,16,21H,5-9H2,(H,22,24). The number of carbonyl (C=O) groups excluding carboxylic acids is 1. The molecular formula is C17H20FN5O. The lowest BCUT2D eigenvalue weighted by atomic mass is 10.0. The van der Waals surface area contributed by atoms with Gasteiger partial charge in [0.1, 0.15) is 24.0 Å². The molecule has 2 heterocycles. The Labute approximate surface area is 139 Å². The molecule has 7 heteroatoms. The summed E-state index contributed by atoms with van der Waals surface area (Å²) in [7, 11) is 0. The smallest absolute Gasteiger partial charge is 0.241 e. The molecule has 0 radical (unpaired) electrons. The summed E-state index contributed by atoms with van der Waals surface area (Å²) in [6.45, 7) is 0.684. The highest BCUT2D eigenvalue weighted by atomic mass is 19.1. The van der Waals surface area contributed by atoms with Crippen molar-refractivity contribution in [3.05, 3.63) is 47.8 Å². The second-order valence-corrected chi connectivity index (χ2v) is 6.53. The number of fused-ring (bicyclic) bond motifs is 1. The van der Waals surface area contributed by atoms with Gasteiger partial charge in [-0.1, -0.05) is 12.1 Å². The van der Waals surface area contributed by atoms with Gasteiger partial charge >= 0.3 is 0 Å². The Kier molecular flexibility index (Phi) is 4.02. The van der Waals surface area contributed by atoms with Crippen LogP contribution in [0.4, 0.5) is 4.39 Å². The number of benzene rings is 1. The molecule has 6 nitrogen and oxygen atoms in total. The van der Waals surface area contributed by atoms with Crippen molar-refractivity contribution in [2.24, 2.45) is 0 Å². The first-order chi connectivity index (χ1) is 11.7. The minimum absolute atomic E-state index is 0.0477. The molecule has 0 spiro atoms. The molecule has 4 rings (SSSR count). The largest absolute Gasteiger partial charge is 0.352 e. The summed E-state index contributed by atoms with van der Waals surface area (Å²) in [5.74, 6) is 0.632. The summed E-state index contributed by atoms with van der Waals surface area (Å²) in [4.78, 5) is 16.9. The van der Waals surface area contributed by atoms with E-state index in [1.165, 1.54) is 12.1 Å². The lowest BCUT2D eigenvalue weighted by molar-refractivity contribution is -0.123. The Morgan fingerprint density at radius 1 is 1.21 bits per heavy atom. The van der Waals surface area contributed by atoms with Crippen LogP contribution >= 0.6 is 0 Å². The van der Waals surface area contributed by atoms with E-state index in [0.29, 0.717) is 6.54 Å². The third-order valence-electron chi connectivity index (χ3n) is 4.60. The fourth-order valence-corrected chi connectivity index (χ4v) is 3.10. The first-order valence-electron chi connectivity index (χ1n) is 8.37. The van der Waals surface area contributed by atoms with E-state index in [-0.39, 0.29) is 23.8 Å². The van der Waals surface area contributed by atoms with Gasteiger partial charge < -0.3 is 5.32 Å². The molecule has 1 aliphatic carbocycles. The van der Waals surface area contributed by atoms with Crippen LogP contribution < -0.4 is 10.6 Å². The maximum Gasteiger partial charge on any atom is 0.241 e. The van der Waals surface area contributed by atoms with Gasteiger partial charge in [0.05, 0.1) is 6.54 Å². The lowest BCUT2D eigenvalue weighted by Gasteiger charge is -2.28. The minimum atomic E-state index is -0.485. The molecule has 1 aromatic heterocycles. The van der Waals surface area contributed by atoms with Gasteiger partial charge in [0, 0.05) is 18.5 Å². The summed E-state index contributed by atoms with van der Waals surface area (Å²) in [6.07, 6.45) is 5.36. The van der Waals surface area contributed by atoms with Crippen LogP contribution in [0.2, 0.25) is 0 Å². The van der Waals surface area contributed by atoms with Crippen molar-refractivity contribution in [2.45, 2.75) is 50.4 Å². The van der Waals surface area contributed by atoms with E-state index < -0.39 is 6.04 Å². The van der Waals surface area contributed by atoms with E-state index >= 15 is 0 Å². The molecule has 1 aromatic carbocycles. The van der Waals surface area contributed by atoms with Crippen molar-refractivity contribution < 1.29 is 9.18 Å². The molecule has 2 atom stereocenters. The molecule has 24 heavy (non-hydrogen) atoms. The first-order valence-corrected chi connectivity index (χ1v) is 8.37. The predicted octanol–water partition coefficient (Wildman–Crippen LogP) is 1.34. The Hall–Kier alpha value is -2.28. The van der Waals surface area contributed by atoms with E-state index in [0.717, 1.165) is 37.1 Å². The van der Waals surface area contributed by atoms with Crippen LogP contribution in [0.3, 0.4) is 0 Å². The number of rotatable bonds is 5. The fraction of sp³-hybridized carbons (Fsp3) is 0.471. The highest BCUT2D eigenvalue weighted by molar-refractivity contribution is 5.83. The number of halogens is 1. The predicted molar refractivity (Wildman–Crippen MR) is 85.6 cm³/mol. The van der Waals surface area contributed by atoms with Crippen molar-refractivity contribution in [3.8, 4) is 0 Å². The molecule has 2 aromatic rings. The molecule has 1 aliphatic heterocycles. The summed E-state index contributed by atoms with van der Waals surface area (Å²) in [5.41, 5.74) is 0.777. The normalized spacial score (nSPS) is 21.1. The van der Waals surface area contributed by atoms with Gasteiger partial charge in [-0.05, 0) is 37.0 Å². The van der Waals surface area contributed by atoms with Crippen molar-refractivity contribution in [2.75, 3.05) is 0 Å². The number of amides is 1. The zero-order valence-electron chi connectivity index (χ0n) is 13.3. The molecule has 2 unspecified atom stereocenters. The number of hydrogen-bond donors (Lipinski definition) is 2. The van der Waals surface area contributed by atoms with Crippen LogP contribution in [0.5, 0.6) is 0 Å². The fourth-order valence-electron chi connectivity index (χ4n) is 3.10. The molecule has 1 saturated carbocycles. The minimum Gasteiger partial charge on any atom is -0.352 e. The Bertz CT molecular complexity index is 725. The average Bonchev–Trinajstić information content (AvgIpc) is 3.27. The topological polar surface area (TPSA) is 71.8 Å².